The van der Waals surface area contributed by atoms with Crippen molar-refractivity contribution >= 4 is 21.4 Å². The fourth-order valence-electron chi connectivity index (χ4n) is 1.74. The van der Waals surface area contributed by atoms with Gasteiger partial charge in [-0.2, -0.15) is 0 Å². The van der Waals surface area contributed by atoms with Crippen LogP contribution in [0.2, 0.25) is 0 Å². The van der Waals surface area contributed by atoms with E-state index in [2.05, 4.69) is 9.71 Å². The standard InChI is InChI=1S/C12H14FN3O2S2/c1-8(12-15-4-5-19-12)16-20(17,18)11-6-10(13)3-2-9(11)7-14/h2-6,8,16H,7,14H2,1H3. The Bertz CT molecular complexity index is 687. The molecule has 0 bridgehead atoms. The van der Waals surface area contributed by atoms with Gasteiger partial charge in [0.2, 0.25) is 10.0 Å². The van der Waals surface area contributed by atoms with Crippen LogP contribution in [0.5, 0.6) is 0 Å². The number of thiazole rings is 1. The van der Waals surface area contributed by atoms with Gasteiger partial charge in [-0.05, 0) is 24.6 Å². The molecule has 0 spiro atoms. The Labute approximate surface area is 120 Å². The zero-order valence-electron chi connectivity index (χ0n) is 10.7. The van der Waals surface area contributed by atoms with E-state index in [1.165, 1.54) is 23.5 Å². The van der Waals surface area contributed by atoms with Gasteiger partial charge in [-0.1, -0.05) is 6.07 Å². The van der Waals surface area contributed by atoms with Crippen molar-refractivity contribution in [2.24, 2.45) is 5.73 Å². The maximum atomic E-state index is 13.3. The molecule has 1 unspecified atom stereocenters. The van der Waals surface area contributed by atoms with E-state index in [1.807, 2.05) is 0 Å². The Morgan fingerprint density at radius 1 is 1.50 bits per heavy atom. The van der Waals surface area contributed by atoms with Gasteiger partial charge in [-0.3, -0.25) is 0 Å². The Hall–Kier alpha value is -1.35. The summed E-state index contributed by atoms with van der Waals surface area (Å²) in [6.07, 6.45) is 1.60. The molecule has 0 fully saturated rings. The van der Waals surface area contributed by atoms with Crippen LogP contribution in [-0.2, 0) is 16.6 Å². The monoisotopic (exact) mass is 315 g/mol. The van der Waals surface area contributed by atoms with Gasteiger partial charge in [0.05, 0.1) is 10.9 Å². The zero-order valence-corrected chi connectivity index (χ0v) is 12.3. The number of hydrogen-bond acceptors (Lipinski definition) is 5. The van der Waals surface area contributed by atoms with Crippen molar-refractivity contribution in [3.05, 3.63) is 46.2 Å². The summed E-state index contributed by atoms with van der Waals surface area (Å²) in [5.74, 6) is -0.621. The molecule has 0 aliphatic heterocycles. The first-order valence-electron chi connectivity index (χ1n) is 5.84. The second-order valence-electron chi connectivity index (χ2n) is 4.17. The van der Waals surface area contributed by atoms with Crippen molar-refractivity contribution in [3.8, 4) is 0 Å². The van der Waals surface area contributed by atoms with Gasteiger partial charge >= 0.3 is 0 Å². The Kier molecular flexibility index (Phi) is 4.48. The van der Waals surface area contributed by atoms with E-state index in [0.29, 0.717) is 10.6 Å². The fraction of sp³-hybridized carbons (Fsp3) is 0.250. The lowest BCUT2D eigenvalue weighted by atomic mass is 10.2. The van der Waals surface area contributed by atoms with Gasteiger partial charge in [0, 0.05) is 18.1 Å². The number of rotatable bonds is 5. The number of halogens is 1. The summed E-state index contributed by atoms with van der Waals surface area (Å²) in [5, 5.41) is 2.40. The molecule has 1 aromatic heterocycles. The number of hydrogen-bond donors (Lipinski definition) is 2. The van der Waals surface area contributed by atoms with Crippen LogP contribution >= 0.6 is 11.3 Å². The van der Waals surface area contributed by atoms with Crippen LogP contribution in [-0.4, -0.2) is 13.4 Å². The maximum Gasteiger partial charge on any atom is 0.241 e. The SMILES string of the molecule is CC(NS(=O)(=O)c1cc(F)ccc1CN)c1nccs1. The molecule has 0 radical (unpaired) electrons. The number of nitrogens with two attached hydrogens (primary N) is 1. The molecule has 2 aromatic rings. The third-order valence-electron chi connectivity index (χ3n) is 2.69. The van der Waals surface area contributed by atoms with Crippen LogP contribution in [0.4, 0.5) is 4.39 Å². The highest BCUT2D eigenvalue weighted by molar-refractivity contribution is 7.89. The lowest BCUT2D eigenvalue weighted by molar-refractivity contribution is 0.561. The minimum absolute atomic E-state index is 0.0160. The summed E-state index contributed by atoms with van der Waals surface area (Å²) < 4.78 is 40.4. The molecule has 2 rings (SSSR count). The predicted octanol–water partition coefficient (Wildman–Crippen LogP) is 1.78. The minimum Gasteiger partial charge on any atom is -0.326 e. The molecule has 1 aromatic carbocycles. The number of nitrogens with one attached hydrogen (secondary N) is 1. The number of nitrogens with zero attached hydrogens (tertiary/aromatic N) is 1. The first-order valence-corrected chi connectivity index (χ1v) is 8.20. The fourth-order valence-corrected chi connectivity index (χ4v) is 3.93. The van der Waals surface area contributed by atoms with Gasteiger partial charge in [0.1, 0.15) is 10.8 Å². The minimum atomic E-state index is -3.85. The van der Waals surface area contributed by atoms with Crippen molar-refractivity contribution in [2.75, 3.05) is 0 Å². The van der Waals surface area contributed by atoms with Crippen molar-refractivity contribution < 1.29 is 12.8 Å². The largest absolute Gasteiger partial charge is 0.326 e. The van der Waals surface area contributed by atoms with Crippen LogP contribution < -0.4 is 10.5 Å². The molecule has 0 aliphatic carbocycles. The first-order chi connectivity index (χ1) is 9.44. The van der Waals surface area contributed by atoms with E-state index in [9.17, 15) is 12.8 Å². The molecule has 108 valence electrons. The average molecular weight is 315 g/mol. The Morgan fingerprint density at radius 3 is 2.85 bits per heavy atom. The highest BCUT2D eigenvalue weighted by Crippen LogP contribution is 2.21. The molecule has 1 heterocycles. The van der Waals surface area contributed by atoms with Crippen LogP contribution in [0, 0.1) is 5.82 Å². The smallest absolute Gasteiger partial charge is 0.241 e. The summed E-state index contributed by atoms with van der Waals surface area (Å²) in [4.78, 5) is 3.91. The molecular weight excluding hydrogens is 301 g/mol. The van der Waals surface area contributed by atoms with Gasteiger partial charge in [0.15, 0.2) is 0 Å². The summed E-state index contributed by atoms with van der Waals surface area (Å²) >= 11 is 1.34. The first kappa shape index (κ1) is 15.0. The molecule has 1 atom stereocenters. The van der Waals surface area contributed by atoms with Crippen molar-refractivity contribution in [1.29, 1.82) is 0 Å². The number of sulfonamides is 1. The lowest BCUT2D eigenvalue weighted by Crippen LogP contribution is -2.28. The van der Waals surface area contributed by atoms with Crippen LogP contribution in [0.3, 0.4) is 0 Å². The van der Waals surface area contributed by atoms with Crippen LogP contribution in [0.1, 0.15) is 23.5 Å². The Balaban J connectivity index is 2.33. The van der Waals surface area contributed by atoms with E-state index in [0.717, 1.165) is 6.07 Å². The van der Waals surface area contributed by atoms with E-state index in [1.54, 1.807) is 18.5 Å². The molecule has 0 saturated heterocycles. The van der Waals surface area contributed by atoms with Crippen molar-refractivity contribution in [3.63, 3.8) is 0 Å². The van der Waals surface area contributed by atoms with Gasteiger partial charge in [0.25, 0.3) is 0 Å². The predicted molar refractivity (Wildman–Crippen MR) is 75.1 cm³/mol. The molecular formula is C12H14FN3O2S2. The third kappa shape index (κ3) is 3.21. The van der Waals surface area contributed by atoms with Crippen LogP contribution in [0.25, 0.3) is 0 Å². The summed E-state index contributed by atoms with van der Waals surface area (Å²) in [5.41, 5.74) is 5.86. The second-order valence-corrected chi connectivity index (χ2v) is 6.78. The summed E-state index contributed by atoms with van der Waals surface area (Å²) in [6.45, 7) is 1.69. The van der Waals surface area contributed by atoms with Gasteiger partial charge in [-0.15, -0.1) is 11.3 Å². The maximum absolute atomic E-state index is 13.3. The summed E-state index contributed by atoms with van der Waals surface area (Å²) in [7, 11) is -3.85. The highest BCUT2D eigenvalue weighted by Gasteiger charge is 2.22. The number of aromatic nitrogens is 1. The van der Waals surface area contributed by atoms with Crippen LogP contribution in [0.15, 0.2) is 34.7 Å². The second kappa shape index (κ2) is 5.96. The lowest BCUT2D eigenvalue weighted by Gasteiger charge is -2.14. The topological polar surface area (TPSA) is 85.1 Å². The number of benzene rings is 1. The highest BCUT2D eigenvalue weighted by atomic mass is 32.2. The molecule has 20 heavy (non-hydrogen) atoms. The molecule has 0 amide bonds. The molecule has 0 saturated carbocycles. The summed E-state index contributed by atoms with van der Waals surface area (Å²) in [6, 6.07) is 3.04. The van der Waals surface area contributed by atoms with Crippen molar-refractivity contribution in [2.45, 2.75) is 24.4 Å². The van der Waals surface area contributed by atoms with E-state index < -0.39 is 21.9 Å². The van der Waals surface area contributed by atoms with E-state index in [-0.39, 0.29) is 11.4 Å². The average Bonchev–Trinajstić information content (AvgIpc) is 2.92. The third-order valence-corrected chi connectivity index (χ3v) is 5.27. The molecule has 0 aliphatic rings. The van der Waals surface area contributed by atoms with E-state index in [4.69, 9.17) is 5.73 Å². The molecule has 5 nitrogen and oxygen atoms in total. The molecule has 3 N–H and O–H groups in total. The van der Waals surface area contributed by atoms with Crippen molar-refractivity contribution in [1.82, 2.24) is 9.71 Å². The molecule has 8 heteroatoms. The van der Waals surface area contributed by atoms with Gasteiger partial charge in [-0.25, -0.2) is 22.5 Å². The quantitative estimate of drug-likeness (QED) is 0.881. The van der Waals surface area contributed by atoms with E-state index >= 15 is 0 Å². The Morgan fingerprint density at radius 2 is 2.25 bits per heavy atom. The normalized spacial score (nSPS) is 13.3. The zero-order chi connectivity index (χ0) is 14.8. The van der Waals surface area contributed by atoms with Gasteiger partial charge < -0.3 is 5.73 Å².